The molecule has 0 spiro atoms. The molecular weight excluding hydrogens is 164 g/mol. The van der Waals surface area contributed by atoms with Crippen LogP contribution in [0.5, 0.6) is 5.75 Å². The monoisotopic (exact) mass is 180 g/mol. The highest BCUT2D eigenvalue weighted by Gasteiger charge is 2.04. The van der Waals surface area contributed by atoms with Crippen molar-refractivity contribution in [3.05, 3.63) is 18.0 Å². The fourth-order valence-electron chi connectivity index (χ4n) is 0.983. The molecule has 0 saturated carbocycles. The third kappa shape index (κ3) is 3.01. The van der Waals surface area contributed by atoms with Crippen molar-refractivity contribution in [1.82, 2.24) is 10.2 Å². The number of rotatable bonds is 3. The molecular formula is C10H16N2O. The molecule has 0 aliphatic rings. The molecule has 0 saturated heterocycles. The predicted molar refractivity (Wildman–Crippen MR) is 51.9 cm³/mol. The van der Waals surface area contributed by atoms with Crippen LogP contribution in [0.15, 0.2) is 12.3 Å². The third-order valence-corrected chi connectivity index (χ3v) is 1.61. The molecule has 0 aliphatic heterocycles. The molecule has 13 heavy (non-hydrogen) atoms. The largest absolute Gasteiger partial charge is 0.489 e. The summed E-state index contributed by atoms with van der Waals surface area (Å²) >= 11 is 0. The molecule has 0 N–H and O–H groups in total. The lowest BCUT2D eigenvalue weighted by Gasteiger charge is -2.10. The molecule has 72 valence electrons. The van der Waals surface area contributed by atoms with Crippen LogP contribution in [-0.4, -0.2) is 16.3 Å². The normalized spacial score (nSPS) is 10.9. The van der Waals surface area contributed by atoms with Crippen LogP contribution in [0.25, 0.3) is 0 Å². The van der Waals surface area contributed by atoms with Gasteiger partial charge in [-0.25, -0.2) is 0 Å². The maximum absolute atomic E-state index is 5.50. The first-order valence-corrected chi connectivity index (χ1v) is 4.59. The van der Waals surface area contributed by atoms with E-state index in [1.54, 1.807) is 6.20 Å². The zero-order valence-corrected chi connectivity index (χ0v) is 8.61. The molecule has 1 aromatic heterocycles. The van der Waals surface area contributed by atoms with Crippen molar-refractivity contribution in [3.63, 3.8) is 0 Å². The van der Waals surface area contributed by atoms with Crippen LogP contribution in [-0.2, 0) is 0 Å². The maximum Gasteiger partial charge on any atom is 0.141 e. The van der Waals surface area contributed by atoms with Crippen molar-refractivity contribution in [3.8, 4) is 5.75 Å². The van der Waals surface area contributed by atoms with Gasteiger partial charge in [0.05, 0.1) is 18.0 Å². The average molecular weight is 180 g/mol. The van der Waals surface area contributed by atoms with E-state index in [0.717, 1.165) is 11.4 Å². The summed E-state index contributed by atoms with van der Waals surface area (Å²) in [4.78, 5) is 0. The third-order valence-electron chi connectivity index (χ3n) is 1.61. The standard InChI is InChI=1S/C10H16N2O/c1-7(2)10-5-9(6-11-12-10)13-8(3)4/h5-8H,1-4H3. The van der Waals surface area contributed by atoms with Gasteiger partial charge in [0.2, 0.25) is 0 Å². The van der Waals surface area contributed by atoms with Crippen LogP contribution >= 0.6 is 0 Å². The maximum atomic E-state index is 5.50. The summed E-state index contributed by atoms with van der Waals surface area (Å²) in [5.41, 5.74) is 0.971. The Hall–Kier alpha value is -1.12. The van der Waals surface area contributed by atoms with E-state index in [0.29, 0.717) is 5.92 Å². The minimum absolute atomic E-state index is 0.184. The Morgan fingerprint density at radius 2 is 1.92 bits per heavy atom. The Balaban J connectivity index is 2.79. The van der Waals surface area contributed by atoms with Crippen LogP contribution < -0.4 is 4.74 Å². The molecule has 3 heteroatoms. The predicted octanol–water partition coefficient (Wildman–Crippen LogP) is 2.39. The number of ether oxygens (including phenoxy) is 1. The van der Waals surface area contributed by atoms with E-state index in [4.69, 9.17) is 4.74 Å². The number of hydrogen-bond acceptors (Lipinski definition) is 3. The lowest BCUT2D eigenvalue weighted by atomic mass is 10.1. The highest BCUT2D eigenvalue weighted by molar-refractivity contribution is 5.20. The molecule has 0 bridgehead atoms. The van der Waals surface area contributed by atoms with E-state index in [2.05, 4.69) is 24.0 Å². The molecule has 1 rings (SSSR count). The van der Waals surface area contributed by atoms with E-state index in [9.17, 15) is 0 Å². The van der Waals surface area contributed by atoms with Crippen molar-refractivity contribution in [2.45, 2.75) is 39.7 Å². The van der Waals surface area contributed by atoms with Crippen LogP contribution in [0.3, 0.4) is 0 Å². The zero-order valence-electron chi connectivity index (χ0n) is 8.61. The van der Waals surface area contributed by atoms with Gasteiger partial charge in [-0.15, -0.1) is 0 Å². The summed E-state index contributed by atoms with van der Waals surface area (Å²) in [6.45, 7) is 8.16. The molecule has 0 amide bonds. The fraction of sp³-hybridized carbons (Fsp3) is 0.600. The molecule has 1 aromatic rings. The molecule has 0 radical (unpaired) electrons. The van der Waals surface area contributed by atoms with Gasteiger partial charge >= 0.3 is 0 Å². The van der Waals surface area contributed by atoms with Crippen molar-refractivity contribution in [2.75, 3.05) is 0 Å². The van der Waals surface area contributed by atoms with Crippen LogP contribution in [0.2, 0.25) is 0 Å². The summed E-state index contributed by atoms with van der Waals surface area (Å²) in [6, 6.07) is 1.94. The minimum atomic E-state index is 0.184. The highest BCUT2D eigenvalue weighted by atomic mass is 16.5. The second kappa shape index (κ2) is 4.21. The Kier molecular flexibility index (Phi) is 3.23. The summed E-state index contributed by atoms with van der Waals surface area (Å²) < 4.78 is 5.50. The molecule has 1 heterocycles. The smallest absolute Gasteiger partial charge is 0.141 e. The Labute approximate surface area is 79.1 Å². The molecule has 0 aliphatic carbocycles. The van der Waals surface area contributed by atoms with Gasteiger partial charge in [0.15, 0.2) is 0 Å². The summed E-state index contributed by atoms with van der Waals surface area (Å²) in [6.07, 6.45) is 1.83. The zero-order chi connectivity index (χ0) is 9.84. The minimum Gasteiger partial charge on any atom is -0.489 e. The van der Waals surface area contributed by atoms with Crippen molar-refractivity contribution in [2.24, 2.45) is 0 Å². The van der Waals surface area contributed by atoms with Crippen molar-refractivity contribution < 1.29 is 4.74 Å². The van der Waals surface area contributed by atoms with Gasteiger partial charge in [-0.1, -0.05) is 13.8 Å². The fourth-order valence-corrected chi connectivity index (χ4v) is 0.983. The van der Waals surface area contributed by atoms with Gasteiger partial charge in [-0.3, -0.25) is 0 Å². The second-order valence-electron chi connectivity index (χ2n) is 3.64. The Morgan fingerprint density at radius 3 is 2.46 bits per heavy atom. The molecule has 0 atom stereocenters. The molecule has 0 aromatic carbocycles. The van der Waals surface area contributed by atoms with Crippen molar-refractivity contribution >= 4 is 0 Å². The number of hydrogen-bond donors (Lipinski definition) is 0. The first kappa shape index (κ1) is 9.96. The summed E-state index contributed by atoms with van der Waals surface area (Å²) in [7, 11) is 0. The SMILES string of the molecule is CC(C)Oc1cnnc(C(C)C)c1. The summed E-state index contributed by atoms with van der Waals surface area (Å²) in [5, 5.41) is 7.90. The van der Waals surface area contributed by atoms with Gasteiger partial charge in [0.25, 0.3) is 0 Å². The first-order chi connectivity index (χ1) is 6.09. The molecule has 3 nitrogen and oxygen atoms in total. The quantitative estimate of drug-likeness (QED) is 0.716. The van der Waals surface area contributed by atoms with E-state index in [-0.39, 0.29) is 6.10 Å². The van der Waals surface area contributed by atoms with Crippen LogP contribution in [0.4, 0.5) is 0 Å². The second-order valence-corrected chi connectivity index (χ2v) is 3.64. The number of aromatic nitrogens is 2. The van der Waals surface area contributed by atoms with Gasteiger partial charge in [0, 0.05) is 6.07 Å². The number of nitrogens with zero attached hydrogens (tertiary/aromatic N) is 2. The lowest BCUT2D eigenvalue weighted by Crippen LogP contribution is -2.07. The topological polar surface area (TPSA) is 35.0 Å². The first-order valence-electron chi connectivity index (χ1n) is 4.59. The van der Waals surface area contributed by atoms with Gasteiger partial charge < -0.3 is 4.74 Å². The van der Waals surface area contributed by atoms with Crippen LogP contribution in [0.1, 0.15) is 39.3 Å². The van der Waals surface area contributed by atoms with Crippen molar-refractivity contribution in [1.29, 1.82) is 0 Å². The van der Waals surface area contributed by atoms with Crippen LogP contribution in [0, 0.1) is 0 Å². The average Bonchev–Trinajstić information content (AvgIpc) is 2.03. The Bertz CT molecular complexity index is 271. The van der Waals surface area contributed by atoms with E-state index >= 15 is 0 Å². The van der Waals surface area contributed by atoms with Gasteiger partial charge in [-0.2, -0.15) is 10.2 Å². The van der Waals surface area contributed by atoms with Gasteiger partial charge in [0.1, 0.15) is 5.75 Å². The highest BCUT2D eigenvalue weighted by Crippen LogP contribution is 2.16. The summed E-state index contributed by atoms with van der Waals surface area (Å²) in [5.74, 6) is 1.19. The van der Waals surface area contributed by atoms with E-state index in [1.807, 2.05) is 19.9 Å². The molecule has 0 fully saturated rings. The van der Waals surface area contributed by atoms with E-state index < -0.39 is 0 Å². The van der Waals surface area contributed by atoms with E-state index in [1.165, 1.54) is 0 Å². The Morgan fingerprint density at radius 1 is 1.23 bits per heavy atom. The van der Waals surface area contributed by atoms with Gasteiger partial charge in [-0.05, 0) is 19.8 Å². The lowest BCUT2D eigenvalue weighted by molar-refractivity contribution is 0.240. The molecule has 0 unspecified atom stereocenters.